The first-order chi connectivity index (χ1) is 11.8. The number of hydrogen-bond donors (Lipinski definition) is 2. The Kier molecular flexibility index (Phi) is 4.37. The summed E-state index contributed by atoms with van der Waals surface area (Å²) in [6, 6.07) is 0.235. The fourth-order valence-corrected chi connectivity index (χ4v) is 3.77. The second-order valence-electron chi connectivity index (χ2n) is 6.81. The fourth-order valence-electron chi connectivity index (χ4n) is 3.77. The molecule has 0 amide bonds. The zero-order valence-electron chi connectivity index (χ0n) is 14.5. The molecule has 7 heteroatoms. The number of fused-ring (bicyclic) bond motifs is 1. The number of aromatic nitrogens is 5. The van der Waals surface area contributed by atoms with Gasteiger partial charge in [0.25, 0.3) is 0 Å². The van der Waals surface area contributed by atoms with Crippen molar-refractivity contribution in [3.05, 3.63) is 28.9 Å². The second-order valence-corrected chi connectivity index (χ2v) is 6.81. The Morgan fingerprint density at radius 3 is 2.92 bits per heavy atom. The van der Waals surface area contributed by atoms with Gasteiger partial charge >= 0.3 is 0 Å². The summed E-state index contributed by atoms with van der Waals surface area (Å²) in [7, 11) is 2.14. The Bertz CT molecular complexity index is 706. The van der Waals surface area contributed by atoms with Gasteiger partial charge in [-0.1, -0.05) is 6.92 Å². The van der Waals surface area contributed by atoms with Crippen molar-refractivity contribution < 1.29 is 4.74 Å². The Labute approximate surface area is 142 Å². The van der Waals surface area contributed by atoms with Crippen LogP contribution in [0.1, 0.15) is 54.5 Å². The van der Waals surface area contributed by atoms with Crippen LogP contribution >= 0.6 is 0 Å². The highest BCUT2D eigenvalue weighted by Gasteiger charge is 2.32. The lowest BCUT2D eigenvalue weighted by molar-refractivity contribution is 0.187. The molecule has 7 nitrogen and oxygen atoms in total. The van der Waals surface area contributed by atoms with E-state index in [0.29, 0.717) is 13.2 Å². The number of nitrogens with zero attached hydrogens (tertiary/aromatic N) is 4. The minimum absolute atomic E-state index is 0.205. The molecule has 0 saturated carbocycles. The second kappa shape index (κ2) is 6.64. The zero-order chi connectivity index (χ0) is 16.5. The van der Waals surface area contributed by atoms with E-state index in [1.807, 2.05) is 0 Å². The van der Waals surface area contributed by atoms with Crippen molar-refractivity contribution in [3.8, 4) is 0 Å². The molecular formula is C17H26N6O. The quantitative estimate of drug-likeness (QED) is 0.862. The summed E-state index contributed by atoms with van der Waals surface area (Å²) in [5, 5.41) is 11.0. The molecule has 1 saturated heterocycles. The molecule has 2 aliphatic rings. The molecule has 24 heavy (non-hydrogen) atoms. The molecule has 1 aliphatic carbocycles. The maximum Gasteiger partial charge on any atom is 0.157 e. The minimum atomic E-state index is 0.205. The van der Waals surface area contributed by atoms with Gasteiger partial charge in [0.05, 0.1) is 31.4 Å². The molecule has 1 fully saturated rings. The lowest BCUT2D eigenvalue weighted by Crippen LogP contribution is -2.35. The van der Waals surface area contributed by atoms with E-state index in [-0.39, 0.29) is 12.0 Å². The highest BCUT2D eigenvalue weighted by molar-refractivity contribution is 5.20. The van der Waals surface area contributed by atoms with E-state index in [9.17, 15) is 0 Å². The number of aromatic amines is 1. The van der Waals surface area contributed by atoms with Crippen molar-refractivity contribution in [2.45, 2.75) is 57.5 Å². The van der Waals surface area contributed by atoms with Gasteiger partial charge in [-0.15, -0.1) is 0 Å². The Balaban J connectivity index is 1.44. The van der Waals surface area contributed by atoms with E-state index >= 15 is 0 Å². The van der Waals surface area contributed by atoms with Crippen molar-refractivity contribution in [3.63, 3.8) is 0 Å². The molecule has 0 radical (unpaired) electrons. The van der Waals surface area contributed by atoms with E-state index in [1.54, 1.807) is 0 Å². The third kappa shape index (κ3) is 2.86. The normalized spacial score (nSPS) is 23.6. The van der Waals surface area contributed by atoms with Crippen LogP contribution in [0.4, 0.5) is 0 Å². The van der Waals surface area contributed by atoms with E-state index in [2.05, 4.69) is 39.0 Å². The zero-order valence-corrected chi connectivity index (χ0v) is 14.5. The highest BCUT2D eigenvalue weighted by Crippen LogP contribution is 2.24. The molecule has 0 unspecified atom stereocenters. The molecule has 3 heterocycles. The Morgan fingerprint density at radius 1 is 1.25 bits per heavy atom. The van der Waals surface area contributed by atoms with Gasteiger partial charge in [0.1, 0.15) is 11.6 Å². The van der Waals surface area contributed by atoms with E-state index < -0.39 is 0 Å². The molecular weight excluding hydrogens is 304 g/mol. The molecule has 0 bridgehead atoms. The number of H-pyrrole nitrogens is 1. The molecule has 4 rings (SSSR count). The largest absolute Gasteiger partial charge is 0.379 e. The maximum atomic E-state index is 5.68. The third-order valence-corrected chi connectivity index (χ3v) is 5.28. The summed E-state index contributed by atoms with van der Waals surface area (Å²) < 4.78 is 7.96. The SMILES string of the molecule is CCc1nc([C@@H]2COC[C@@H]2NCc2nc3c(n2C)CCCC3)n[nH]1. The number of rotatable bonds is 5. The highest BCUT2D eigenvalue weighted by atomic mass is 16.5. The summed E-state index contributed by atoms with van der Waals surface area (Å²) in [6.07, 6.45) is 5.69. The van der Waals surface area contributed by atoms with Crippen LogP contribution in [0.2, 0.25) is 0 Å². The molecule has 0 spiro atoms. The topological polar surface area (TPSA) is 80.7 Å². The van der Waals surface area contributed by atoms with Gasteiger partial charge in [-0.3, -0.25) is 5.10 Å². The van der Waals surface area contributed by atoms with Crippen LogP contribution in [0.25, 0.3) is 0 Å². The predicted molar refractivity (Wildman–Crippen MR) is 89.8 cm³/mol. The van der Waals surface area contributed by atoms with Gasteiger partial charge in [-0.05, 0) is 25.7 Å². The first-order valence-electron chi connectivity index (χ1n) is 9.02. The van der Waals surface area contributed by atoms with Crippen molar-refractivity contribution in [2.75, 3.05) is 13.2 Å². The Morgan fingerprint density at radius 2 is 2.12 bits per heavy atom. The van der Waals surface area contributed by atoms with Gasteiger partial charge < -0.3 is 14.6 Å². The summed E-state index contributed by atoms with van der Waals surface area (Å²) in [5.74, 6) is 3.13. The minimum Gasteiger partial charge on any atom is -0.379 e. The Hall–Kier alpha value is -1.73. The van der Waals surface area contributed by atoms with Crippen molar-refractivity contribution in [1.82, 2.24) is 30.0 Å². The number of hydrogen-bond acceptors (Lipinski definition) is 5. The average molecular weight is 330 g/mol. The molecule has 0 aromatic carbocycles. The lowest BCUT2D eigenvalue weighted by atomic mass is 10.0. The lowest BCUT2D eigenvalue weighted by Gasteiger charge is -2.16. The predicted octanol–water partition coefficient (Wildman–Crippen LogP) is 1.25. The van der Waals surface area contributed by atoms with Gasteiger partial charge in [0.15, 0.2) is 5.82 Å². The van der Waals surface area contributed by atoms with Crippen LogP contribution in [0.3, 0.4) is 0 Å². The van der Waals surface area contributed by atoms with Crippen LogP contribution < -0.4 is 5.32 Å². The van der Waals surface area contributed by atoms with Gasteiger partial charge in [-0.2, -0.15) is 5.10 Å². The number of nitrogens with one attached hydrogen (secondary N) is 2. The summed E-state index contributed by atoms with van der Waals surface area (Å²) in [6.45, 7) is 4.22. The van der Waals surface area contributed by atoms with Crippen LogP contribution in [-0.2, 0) is 37.6 Å². The standard InChI is InChI=1S/C17H26N6O/c1-3-15-20-17(22-21-15)11-9-24-10-13(11)18-8-16-19-12-6-4-5-7-14(12)23(16)2/h11,13,18H,3-10H2,1-2H3,(H,20,21,22)/t11-,13+/m1/s1. The third-order valence-electron chi connectivity index (χ3n) is 5.28. The van der Waals surface area contributed by atoms with Crippen LogP contribution in [0, 0.1) is 0 Å². The monoisotopic (exact) mass is 330 g/mol. The molecule has 2 atom stereocenters. The summed E-state index contributed by atoms with van der Waals surface area (Å²) in [4.78, 5) is 9.43. The molecule has 2 aromatic rings. The van der Waals surface area contributed by atoms with E-state index in [4.69, 9.17) is 9.72 Å². The van der Waals surface area contributed by atoms with E-state index in [0.717, 1.165) is 43.3 Å². The maximum absolute atomic E-state index is 5.68. The molecule has 1 aliphatic heterocycles. The van der Waals surface area contributed by atoms with Crippen molar-refractivity contribution in [1.29, 1.82) is 0 Å². The summed E-state index contributed by atoms with van der Waals surface area (Å²) >= 11 is 0. The van der Waals surface area contributed by atoms with Crippen molar-refractivity contribution in [2.24, 2.45) is 7.05 Å². The van der Waals surface area contributed by atoms with Gasteiger partial charge in [0.2, 0.25) is 0 Å². The van der Waals surface area contributed by atoms with Crippen molar-refractivity contribution >= 4 is 0 Å². The van der Waals surface area contributed by atoms with Crippen LogP contribution in [-0.4, -0.2) is 44.0 Å². The number of aryl methyl sites for hydroxylation is 2. The number of ether oxygens (including phenoxy) is 1. The molecule has 130 valence electrons. The van der Waals surface area contributed by atoms with Gasteiger partial charge in [0, 0.05) is 25.2 Å². The molecule has 2 aromatic heterocycles. The molecule has 2 N–H and O–H groups in total. The fraction of sp³-hybridized carbons (Fsp3) is 0.706. The summed E-state index contributed by atoms with van der Waals surface area (Å²) in [5.41, 5.74) is 2.71. The smallest absolute Gasteiger partial charge is 0.157 e. The van der Waals surface area contributed by atoms with E-state index in [1.165, 1.54) is 24.2 Å². The average Bonchev–Trinajstić information content (AvgIpc) is 3.31. The van der Waals surface area contributed by atoms with Crippen LogP contribution in [0.5, 0.6) is 0 Å². The van der Waals surface area contributed by atoms with Crippen LogP contribution in [0.15, 0.2) is 0 Å². The number of imidazole rings is 1. The first kappa shape index (κ1) is 15.8. The first-order valence-corrected chi connectivity index (χ1v) is 9.02. The van der Waals surface area contributed by atoms with Gasteiger partial charge in [-0.25, -0.2) is 9.97 Å².